The van der Waals surface area contributed by atoms with Crippen LogP contribution >= 0.6 is 11.8 Å². The van der Waals surface area contributed by atoms with E-state index in [-0.39, 0.29) is 17.9 Å². The molecule has 0 aromatic rings. The van der Waals surface area contributed by atoms with Crippen molar-refractivity contribution in [2.45, 2.75) is 25.4 Å². The van der Waals surface area contributed by atoms with Gasteiger partial charge in [-0.25, -0.2) is 0 Å². The van der Waals surface area contributed by atoms with Crippen molar-refractivity contribution >= 4 is 17.7 Å². The molecule has 0 radical (unpaired) electrons. The molecule has 0 aliphatic heterocycles. The second-order valence-electron chi connectivity index (χ2n) is 4.11. The Kier molecular flexibility index (Phi) is 6.84. The van der Waals surface area contributed by atoms with Gasteiger partial charge in [0.1, 0.15) is 0 Å². The summed E-state index contributed by atoms with van der Waals surface area (Å²) in [6, 6.07) is 0. The third-order valence-electron chi connectivity index (χ3n) is 2.85. The SMILES string of the molecule is COCCSCC(=O)NCC1CCCC1O. The average Bonchev–Trinajstić information content (AvgIpc) is 2.67. The molecule has 0 aromatic carbocycles. The molecule has 16 heavy (non-hydrogen) atoms. The van der Waals surface area contributed by atoms with Gasteiger partial charge >= 0.3 is 0 Å². The maximum absolute atomic E-state index is 11.4. The zero-order valence-electron chi connectivity index (χ0n) is 9.78. The van der Waals surface area contributed by atoms with E-state index in [1.807, 2.05) is 0 Å². The molecule has 0 saturated heterocycles. The summed E-state index contributed by atoms with van der Waals surface area (Å²) < 4.78 is 4.89. The van der Waals surface area contributed by atoms with Crippen LogP contribution in [-0.2, 0) is 9.53 Å². The smallest absolute Gasteiger partial charge is 0.230 e. The maximum atomic E-state index is 11.4. The Balaban J connectivity index is 2.01. The zero-order valence-corrected chi connectivity index (χ0v) is 10.6. The van der Waals surface area contributed by atoms with Crippen molar-refractivity contribution in [1.82, 2.24) is 5.32 Å². The van der Waals surface area contributed by atoms with E-state index in [0.717, 1.165) is 25.0 Å². The fraction of sp³-hybridized carbons (Fsp3) is 0.909. The zero-order chi connectivity index (χ0) is 11.8. The number of carbonyl (C=O) groups excluding carboxylic acids is 1. The van der Waals surface area contributed by atoms with Crippen LogP contribution in [0, 0.1) is 5.92 Å². The minimum Gasteiger partial charge on any atom is -0.393 e. The normalized spacial score (nSPS) is 24.6. The Morgan fingerprint density at radius 2 is 2.38 bits per heavy atom. The predicted octanol–water partition coefficient (Wildman–Crippen LogP) is 0.643. The number of ether oxygens (including phenoxy) is 1. The standard InChI is InChI=1S/C11H21NO3S/c1-15-5-6-16-8-11(14)12-7-9-3-2-4-10(9)13/h9-10,13H,2-8H2,1H3,(H,12,14). The highest BCUT2D eigenvalue weighted by molar-refractivity contribution is 7.99. The van der Waals surface area contributed by atoms with Crippen LogP contribution in [0.5, 0.6) is 0 Å². The number of aliphatic hydroxyl groups is 1. The second-order valence-corrected chi connectivity index (χ2v) is 5.21. The molecule has 0 bridgehead atoms. The summed E-state index contributed by atoms with van der Waals surface area (Å²) in [4.78, 5) is 11.4. The summed E-state index contributed by atoms with van der Waals surface area (Å²) in [6.07, 6.45) is 2.76. The minimum absolute atomic E-state index is 0.0557. The highest BCUT2D eigenvalue weighted by atomic mass is 32.2. The lowest BCUT2D eigenvalue weighted by Crippen LogP contribution is -2.33. The summed E-state index contributed by atoms with van der Waals surface area (Å²) in [7, 11) is 1.65. The molecular weight excluding hydrogens is 226 g/mol. The van der Waals surface area contributed by atoms with Crippen LogP contribution in [0.3, 0.4) is 0 Å². The fourth-order valence-corrected chi connectivity index (χ4v) is 2.57. The van der Waals surface area contributed by atoms with E-state index >= 15 is 0 Å². The van der Waals surface area contributed by atoms with Crippen LogP contribution in [0.2, 0.25) is 0 Å². The van der Waals surface area contributed by atoms with Gasteiger partial charge in [-0.3, -0.25) is 4.79 Å². The molecule has 1 aliphatic rings. The summed E-state index contributed by atoms with van der Waals surface area (Å²) in [6.45, 7) is 1.30. The molecule has 4 nitrogen and oxygen atoms in total. The van der Waals surface area contributed by atoms with Crippen molar-refractivity contribution in [3.05, 3.63) is 0 Å². The van der Waals surface area contributed by atoms with Crippen LogP contribution in [0.4, 0.5) is 0 Å². The van der Waals surface area contributed by atoms with E-state index in [1.54, 1.807) is 18.9 Å². The predicted molar refractivity (Wildman–Crippen MR) is 65.6 cm³/mol. The first-order chi connectivity index (χ1) is 7.74. The number of rotatable bonds is 7. The van der Waals surface area contributed by atoms with E-state index in [0.29, 0.717) is 18.9 Å². The van der Waals surface area contributed by atoms with Crippen molar-refractivity contribution in [3.8, 4) is 0 Å². The summed E-state index contributed by atoms with van der Waals surface area (Å²) in [5.41, 5.74) is 0. The van der Waals surface area contributed by atoms with Gasteiger partial charge in [0.15, 0.2) is 0 Å². The van der Waals surface area contributed by atoms with Gasteiger partial charge in [-0.15, -0.1) is 11.8 Å². The first kappa shape index (κ1) is 13.8. The van der Waals surface area contributed by atoms with Gasteiger partial charge in [-0.1, -0.05) is 6.42 Å². The lowest BCUT2D eigenvalue weighted by atomic mass is 10.1. The number of nitrogens with one attached hydrogen (secondary N) is 1. The van der Waals surface area contributed by atoms with E-state index in [2.05, 4.69) is 5.32 Å². The van der Waals surface area contributed by atoms with Crippen LogP contribution in [0.15, 0.2) is 0 Å². The second kappa shape index (κ2) is 7.92. The highest BCUT2D eigenvalue weighted by Gasteiger charge is 2.25. The third kappa shape index (κ3) is 5.18. The number of methoxy groups -OCH3 is 1. The van der Waals surface area contributed by atoms with Crippen LogP contribution in [0.1, 0.15) is 19.3 Å². The molecule has 1 saturated carbocycles. The number of hydrogen-bond donors (Lipinski definition) is 2. The fourth-order valence-electron chi connectivity index (χ4n) is 1.86. The number of aliphatic hydroxyl groups excluding tert-OH is 1. The van der Waals surface area contributed by atoms with Crippen molar-refractivity contribution in [3.63, 3.8) is 0 Å². The maximum Gasteiger partial charge on any atom is 0.230 e. The van der Waals surface area contributed by atoms with Gasteiger partial charge in [-0.05, 0) is 12.8 Å². The Labute approximate surface area is 101 Å². The first-order valence-corrected chi connectivity index (χ1v) is 6.91. The molecule has 0 spiro atoms. The van der Waals surface area contributed by atoms with Crippen LogP contribution in [0.25, 0.3) is 0 Å². The first-order valence-electron chi connectivity index (χ1n) is 5.75. The molecule has 1 fully saturated rings. The van der Waals surface area contributed by atoms with Crippen molar-refractivity contribution in [2.24, 2.45) is 5.92 Å². The average molecular weight is 247 g/mol. The minimum atomic E-state index is -0.221. The van der Waals surface area contributed by atoms with Gasteiger partial charge < -0.3 is 15.2 Å². The molecule has 2 N–H and O–H groups in total. The lowest BCUT2D eigenvalue weighted by molar-refractivity contribution is -0.118. The lowest BCUT2D eigenvalue weighted by Gasteiger charge is -2.14. The van der Waals surface area contributed by atoms with E-state index in [4.69, 9.17) is 4.74 Å². The molecule has 94 valence electrons. The Hall–Kier alpha value is -0.260. The van der Waals surface area contributed by atoms with E-state index < -0.39 is 0 Å². The molecule has 2 unspecified atom stereocenters. The third-order valence-corrected chi connectivity index (χ3v) is 3.77. The van der Waals surface area contributed by atoms with Gasteiger partial charge in [-0.2, -0.15) is 0 Å². The van der Waals surface area contributed by atoms with E-state index in [9.17, 15) is 9.90 Å². The molecular formula is C11H21NO3S. The molecule has 0 heterocycles. The molecule has 0 aromatic heterocycles. The highest BCUT2D eigenvalue weighted by Crippen LogP contribution is 2.24. The summed E-state index contributed by atoms with van der Waals surface area (Å²) in [5.74, 6) is 1.63. The summed E-state index contributed by atoms with van der Waals surface area (Å²) >= 11 is 1.57. The monoisotopic (exact) mass is 247 g/mol. The molecule has 1 rings (SSSR count). The Morgan fingerprint density at radius 1 is 1.56 bits per heavy atom. The number of thioether (sulfide) groups is 1. The van der Waals surface area contributed by atoms with E-state index in [1.165, 1.54) is 0 Å². The van der Waals surface area contributed by atoms with Crippen LogP contribution in [-0.4, -0.2) is 48.9 Å². The summed E-state index contributed by atoms with van der Waals surface area (Å²) in [5, 5.41) is 12.4. The van der Waals surface area contributed by atoms with Crippen LogP contribution < -0.4 is 5.32 Å². The van der Waals surface area contributed by atoms with Gasteiger partial charge in [0.05, 0.1) is 18.5 Å². The molecule has 2 atom stereocenters. The number of hydrogen-bond acceptors (Lipinski definition) is 4. The Bertz CT molecular complexity index is 213. The molecule has 1 aliphatic carbocycles. The van der Waals surface area contributed by atoms with Gasteiger partial charge in [0, 0.05) is 25.3 Å². The topological polar surface area (TPSA) is 58.6 Å². The number of amides is 1. The Morgan fingerprint density at radius 3 is 3.00 bits per heavy atom. The van der Waals surface area contributed by atoms with Gasteiger partial charge in [0.25, 0.3) is 0 Å². The largest absolute Gasteiger partial charge is 0.393 e. The van der Waals surface area contributed by atoms with Crippen molar-refractivity contribution in [2.75, 3.05) is 31.8 Å². The van der Waals surface area contributed by atoms with Crippen molar-refractivity contribution in [1.29, 1.82) is 0 Å². The van der Waals surface area contributed by atoms with Crippen molar-refractivity contribution < 1.29 is 14.6 Å². The molecule has 5 heteroatoms. The quantitative estimate of drug-likeness (QED) is 0.648. The number of carbonyl (C=O) groups is 1. The van der Waals surface area contributed by atoms with Gasteiger partial charge in [0.2, 0.25) is 5.91 Å². The molecule has 1 amide bonds.